The highest BCUT2D eigenvalue weighted by molar-refractivity contribution is 5.73. The van der Waals surface area contributed by atoms with Crippen LogP contribution in [0.3, 0.4) is 0 Å². The minimum absolute atomic E-state index is 0.183. The molecule has 3 nitrogen and oxygen atoms in total. The van der Waals surface area contributed by atoms with Gasteiger partial charge in [0.25, 0.3) is 0 Å². The normalized spacial score (nSPS) is 17.4. The van der Waals surface area contributed by atoms with Gasteiger partial charge in [-0.1, -0.05) is 30.3 Å². The molecule has 1 aliphatic rings. The molecule has 3 heteroatoms. The Morgan fingerprint density at radius 2 is 1.89 bits per heavy atom. The van der Waals surface area contributed by atoms with Crippen molar-refractivity contribution < 1.29 is 4.79 Å². The standard InChI is InChI=1S/C16H24N2O/c1-14(19)17(2)16-9-12-18(13-10-16)11-8-15-6-4-3-5-7-15/h3-7,16H,8-13H2,1-2H3. The first-order chi connectivity index (χ1) is 9.16. The minimum Gasteiger partial charge on any atom is -0.343 e. The Balaban J connectivity index is 1.73. The maximum Gasteiger partial charge on any atom is 0.219 e. The smallest absolute Gasteiger partial charge is 0.219 e. The van der Waals surface area contributed by atoms with Gasteiger partial charge in [0.15, 0.2) is 0 Å². The second kappa shape index (κ2) is 6.71. The summed E-state index contributed by atoms with van der Waals surface area (Å²) in [6.07, 6.45) is 3.32. The van der Waals surface area contributed by atoms with E-state index in [1.165, 1.54) is 5.56 Å². The Morgan fingerprint density at radius 3 is 2.47 bits per heavy atom. The Morgan fingerprint density at radius 1 is 1.26 bits per heavy atom. The second-order valence-corrected chi connectivity index (χ2v) is 5.44. The van der Waals surface area contributed by atoms with Crippen LogP contribution in [0.25, 0.3) is 0 Å². The fourth-order valence-corrected chi connectivity index (χ4v) is 2.72. The van der Waals surface area contributed by atoms with Crippen LogP contribution < -0.4 is 0 Å². The van der Waals surface area contributed by atoms with E-state index in [9.17, 15) is 4.79 Å². The molecule has 1 aliphatic heterocycles. The number of likely N-dealkylation sites (tertiary alicyclic amines) is 1. The van der Waals surface area contributed by atoms with Gasteiger partial charge in [-0.2, -0.15) is 0 Å². The van der Waals surface area contributed by atoms with Gasteiger partial charge in [0, 0.05) is 39.6 Å². The minimum atomic E-state index is 0.183. The molecule has 0 saturated carbocycles. The van der Waals surface area contributed by atoms with Gasteiger partial charge < -0.3 is 9.80 Å². The van der Waals surface area contributed by atoms with Crippen LogP contribution in [-0.4, -0.2) is 48.4 Å². The summed E-state index contributed by atoms with van der Waals surface area (Å²) in [4.78, 5) is 15.8. The molecule has 19 heavy (non-hydrogen) atoms. The zero-order chi connectivity index (χ0) is 13.7. The highest BCUT2D eigenvalue weighted by Gasteiger charge is 2.23. The Kier molecular flexibility index (Phi) is 4.97. The molecule has 0 spiro atoms. The first-order valence-electron chi connectivity index (χ1n) is 7.16. The molecular formula is C16H24N2O. The predicted molar refractivity (Wildman–Crippen MR) is 78.1 cm³/mol. The van der Waals surface area contributed by atoms with Gasteiger partial charge >= 0.3 is 0 Å². The molecule has 1 fully saturated rings. The first-order valence-corrected chi connectivity index (χ1v) is 7.16. The maximum absolute atomic E-state index is 11.3. The largest absolute Gasteiger partial charge is 0.343 e. The van der Waals surface area contributed by atoms with Crippen molar-refractivity contribution in [2.45, 2.75) is 32.2 Å². The van der Waals surface area contributed by atoms with Gasteiger partial charge in [-0.25, -0.2) is 0 Å². The van der Waals surface area contributed by atoms with Crippen molar-refractivity contribution in [3.05, 3.63) is 35.9 Å². The van der Waals surface area contributed by atoms with Crippen molar-refractivity contribution in [1.29, 1.82) is 0 Å². The molecule has 1 saturated heterocycles. The average Bonchev–Trinajstić information content (AvgIpc) is 2.46. The summed E-state index contributed by atoms with van der Waals surface area (Å²) in [5.74, 6) is 0.183. The Bertz CT molecular complexity index is 396. The monoisotopic (exact) mass is 260 g/mol. The van der Waals surface area contributed by atoms with Crippen molar-refractivity contribution in [3.63, 3.8) is 0 Å². The summed E-state index contributed by atoms with van der Waals surface area (Å²) in [6.45, 7) is 4.99. The number of amides is 1. The number of carbonyl (C=O) groups is 1. The van der Waals surface area contributed by atoms with Crippen LogP contribution in [0.1, 0.15) is 25.3 Å². The SMILES string of the molecule is CC(=O)N(C)C1CCN(CCc2ccccc2)CC1. The summed E-state index contributed by atoms with van der Waals surface area (Å²) in [5.41, 5.74) is 1.41. The van der Waals surface area contributed by atoms with Gasteiger partial charge in [-0.05, 0) is 24.8 Å². The molecule has 1 amide bonds. The van der Waals surface area contributed by atoms with E-state index in [0.29, 0.717) is 6.04 Å². The van der Waals surface area contributed by atoms with E-state index < -0.39 is 0 Å². The molecule has 0 bridgehead atoms. The van der Waals surface area contributed by atoms with E-state index in [1.54, 1.807) is 6.92 Å². The lowest BCUT2D eigenvalue weighted by Gasteiger charge is -2.36. The molecule has 0 atom stereocenters. The van der Waals surface area contributed by atoms with E-state index >= 15 is 0 Å². The lowest BCUT2D eigenvalue weighted by atomic mass is 10.0. The molecular weight excluding hydrogens is 236 g/mol. The zero-order valence-corrected chi connectivity index (χ0v) is 12.0. The third-order valence-electron chi connectivity index (χ3n) is 4.16. The fraction of sp³-hybridized carbons (Fsp3) is 0.562. The third-order valence-corrected chi connectivity index (χ3v) is 4.16. The number of hydrogen-bond acceptors (Lipinski definition) is 2. The molecule has 1 aromatic carbocycles. The van der Waals surface area contributed by atoms with Gasteiger partial charge in [0.1, 0.15) is 0 Å². The molecule has 0 aromatic heterocycles. The average molecular weight is 260 g/mol. The zero-order valence-electron chi connectivity index (χ0n) is 12.0. The number of hydrogen-bond donors (Lipinski definition) is 0. The van der Waals surface area contributed by atoms with E-state index in [-0.39, 0.29) is 5.91 Å². The molecule has 0 unspecified atom stereocenters. The number of rotatable bonds is 4. The van der Waals surface area contributed by atoms with Crippen molar-refractivity contribution in [2.24, 2.45) is 0 Å². The molecule has 1 heterocycles. The number of benzene rings is 1. The topological polar surface area (TPSA) is 23.6 Å². The molecule has 0 radical (unpaired) electrons. The van der Waals surface area contributed by atoms with E-state index in [1.807, 2.05) is 11.9 Å². The second-order valence-electron chi connectivity index (χ2n) is 5.44. The lowest BCUT2D eigenvalue weighted by molar-refractivity contribution is -0.130. The Labute approximate surface area is 116 Å². The fourth-order valence-electron chi connectivity index (χ4n) is 2.72. The highest BCUT2D eigenvalue weighted by atomic mass is 16.2. The highest BCUT2D eigenvalue weighted by Crippen LogP contribution is 2.16. The van der Waals surface area contributed by atoms with E-state index in [4.69, 9.17) is 0 Å². The van der Waals surface area contributed by atoms with Crippen molar-refractivity contribution in [3.8, 4) is 0 Å². The lowest BCUT2D eigenvalue weighted by Crippen LogP contribution is -2.45. The summed E-state index contributed by atoms with van der Waals surface area (Å²) >= 11 is 0. The van der Waals surface area contributed by atoms with Gasteiger partial charge in [-0.3, -0.25) is 4.79 Å². The summed E-state index contributed by atoms with van der Waals surface area (Å²) in [6, 6.07) is 11.1. The Hall–Kier alpha value is -1.35. The maximum atomic E-state index is 11.3. The van der Waals surface area contributed by atoms with Gasteiger partial charge in [-0.15, -0.1) is 0 Å². The molecule has 1 aromatic rings. The van der Waals surface area contributed by atoms with E-state index in [0.717, 1.165) is 38.9 Å². The van der Waals surface area contributed by atoms with Crippen LogP contribution >= 0.6 is 0 Å². The van der Waals surface area contributed by atoms with Crippen molar-refractivity contribution in [2.75, 3.05) is 26.7 Å². The van der Waals surface area contributed by atoms with Gasteiger partial charge in [0.05, 0.1) is 0 Å². The van der Waals surface area contributed by atoms with Crippen molar-refractivity contribution in [1.82, 2.24) is 9.80 Å². The van der Waals surface area contributed by atoms with Crippen molar-refractivity contribution >= 4 is 5.91 Å². The van der Waals surface area contributed by atoms with Crippen LogP contribution in [0, 0.1) is 0 Å². The first kappa shape index (κ1) is 14.1. The molecule has 0 N–H and O–H groups in total. The number of carbonyl (C=O) groups excluding carboxylic acids is 1. The van der Waals surface area contributed by atoms with Gasteiger partial charge in [0.2, 0.25) is 5.91 Å². The molecule has 0 aliphatic carbocycles. The van der Waals surface area contributed by atoms with Crippen LogP contribution in [-0.2, 0) is 11.2 Å². The quantitative estimate of drug-likeness (QED) is 0.828. The van der Waals surface area contributed by atoms with Crippen LogP contribution in [0.4, 0.5) is 0 Å². The summed E-state index contributed by atoms with van der Waals surface area (Å²) < 4.78 is 0. The summed E-state index contributed by atoms with van der Waals surface area (Å²) in [5, 5.41) is 0. The number of nitrogens with zero attached hydrogens (tertiary/aromatic N) is 2. The predicted octanol–water partition coefficient (Wildman–Crippen LogP) is 2.17. The molecule has 104 valence electrons. The van der Waals surface area contributed by atoms with Crippen LogP contribution in [0.5, 0.6) is 0 Å². The number of piperidine rings is 1. The third kappa shape index (κ3) is 4.06. The molecule has 2 rings (SSSR count). The van der Waals surface area contributed by atoms with Crippen LogP contribution in [0.2, 0.25) is 0 Å². The summed E-state index contributed by atoms with van der Waals surface area (Å²) in [7, 11) is 1.92. The van der Waals surface area contributed by atoms with E-state index in [2.05, 4.69) is 35.2 Å². The van der Waals surface area contributed by atoms with Crippen LogP contribution in [0.15, 0.2) is 30.3 Å².